The SMILES string of the molecule is CC(C)CNCc1ccc(COCc2cccc(Cl)c2)s1. The van der Waals surface area contributed by atoms with Crippen LogP contribution in [0.5, 0.6) is 0 Å². The minimum atomic E-state index is 0.597. The molecule has 0 unspecified atom stereocenters. The quantitative estimate of drug-likeness (QED) is 0.748. The summed E-state index contributed by atoms with van der Waals surface area (Å²) in [6, 6.07) is 12.1. The van der Waals surface area contributed by atoms with Crippen LogP contribution in [-0.2, 0) is 24.5 Å². The molecule has 21 heavy (non-hydrogen) atoms. The van der Waals surface area contributed by atoms with Crippen LogP contribution >= 0.6 is 22.9 Å². The molecule has 0 fully saturated rings. The largest absolute Gasteiger partial charge is 0.371 e. The van der Waals surface area contributed by atoms with Crippen LogP contribution in [0.3, 0.4) is 0 Å². The molecular weight excluding hydrogens is 302 g/mol. The highest BCUT2D eigenvalue weighted by molar-refractivity contribution is 7.11. The van der Waals surface area contributed by atoms with Gasteiger partial charge in [0.1, 0.15) is 0 Å². The van der Waals surface area contributed by atoms with E-state index in [9.17, 15) is 0 Å². The Hall–Kier alpha value is -0.870. The highest BCUT2D eigenvalue weighted by atomic mass is 35.5. The number of ether oxygens (including phenoxy) is 1. The number of rotatable bonds is 8. The van der Waals surface area contributed by atoms with Gasteiger partial charge in [-0.25, -0.2) is 0 Å². The number of thiophene rings is 1. The molecule has 1 N–H and O–H groups in total. The van der Waals surface area contributed by atoms with Gasteiger partial charge in [-0.2, -0.15) is 0 Å². The third kappa shape index (κ3) is 6.18. The molecular formula is C17H22ClNOS. The smallest absolute Gasteiger partial charge is 0.0814 e. The minimum Gasteiger partial charge on any atom is -0.371 e. The summed E-state index contributed by atoms with van der Waals surface area (Å²) in [5.74, 6) is 0.686. The molecule has 114 valence electrons. The molecule has 1 aromatic carbocycles. The first-order valence-corrected chi connectivity index (χ1v) is 8.43. The van der Waals surface area contributed by atoms with E-state index < -0.39 is 0 Å². The molecule has 4 heteroatoms. The van der Waals surface area contributed by atoms with Gasteiger partial charge in [0, 0.05) is 21.3 Å². The zero-order valence-electron chi connectivity index (χ0n) is 12.6. The van der Waals surface area contributed by atoms with E-state index in [-0.39, 0.29) is 0 Å². The summed E-state index contributed by atoms with van der Waals surface area (Å²) in [6.45, 7) is 7.68. The molecule has 2 rings (SSSR count). The molecule has 2 aromatic rings. The average Bonchev–Trinajstić information content (AvgIpc) is 2.86. The summed E-state index contributed by atoms with van der Waals surface area (Å²) < 4.78 is 5.75. The predicted molar refractivity (Wildman–Crippen MR) is 90.8 cm³/mol. The molecule has 0 spiro atoms. The van der Waals surface area contributed by atoms with Crippen molar-refractivity contribution in [3.8, 4) is 0 Å². The first-order valence-electron chi connectivity index (χ1n) is 7.24. The number of benzene rings is 1. The molecule has 0 saturated carbocycles. The van der Waals surface area contributed by atoms with Crippen LogP contribution in [0.2, 0.25) is 5.02 Å². The van der Waals surface area contributed by atoms with Gasteiger partial charge in [-0.15, -0.1) is 11.3 Å². The molecule has 0 aliphatic carbocycles. The van der Waals surface area contributed by atoms with Crippen molar-refractivity contribution in [1.29, 1.82) is 0 Å². The van der Waals surface area contributed by atoms with Crippen molar-refractivity contribution in [1.82, 2.24) is 5.32 Å². The molecule has 1 heterocycles. The topological polar surface area (TPSA) is 21.3 Å². The Bertz CT molecular complexity index is 553. The highest BCUT2D eigenvalue weighted by Gasteiger charge is 2.02. The third-order valence-electron chi connectivity index (χ3n) is 2.97. The number of hydrogen-bond donors (Lipinski definition) is 1. The normalized spacial score (nSPS) is 11.2. The van der Waals surface area contributed by atoms with Gasteiger partial charge >= 0.3 is 0 Å². The van der Waals surface area contributed by atoms with Gasteiger partial charge in [-0.1, -0.05) is 37.6 Å². The fourth-order valence-corrected chi connectivity index (χ4v) is 3.11. The van der Waals surface area contributed by atoms with E-state index in [1.807, 2.05) is 35.6 Å². The van der Waals surface area contributed by atoms with Crippen molar-refractivity contribution in [3.63, 3.8) is 0 Å². The fraction of sp³-hybridized carbons (Fsp3) is 0.412. The van der Waals surface area contributed by atoms with Crippen LogP contribution in [0, 0.1) is 5.92 Å². The van der Waals surface area contributed by atoms with Crippen molar-refractivity contribution < 1.29 is 4.74 Å². The first kappa shape index (κ1) is 16.5. The molecule has 0 amide bonds. The summed E-state index contributed by atoms with van der Waals surface area (Å²) in [4.78, 5) is 2.62. The minimum absolute atomic E-state index is 0.597. The summed E-state index contributed by atoms with van der Waals surface area (Å²) in [5.41, 5.74) is 1.11. The van der Waals surface area contributed by atoms with E-state index in [1.165, 1.54) is 9.75 Å². The highest BCUT2D eigenvalue weighted by Crippen LogP contribution is 2.18. The zero-order valence-corrected chi connectivity index (χ0v) is 14.1. The molecule has 1 aromatic heterocycles. The lowest BCUT2D eigenvalue weighted by Crippen LogP contribution is -2.18. The predicted octanol–water partition coefficient (Wildman–Crippen LogP) is 4.86. The number of halogens is 1. The molecule has 0 saturated heterocycles. The second-order valence-corrected chi connectivity index (χ2v) is 7.20. The van der Waals surface area contributed by atoms with Crippen molar-refractivity contribution in [2.24, 2.45) is 5.92 Å². The van der Waals surface area contributed by atoms with Crippen LogP contribution in [0.25, 0.3) is 0 Å². The second kappa shape index (κ2) is 8.54. The lowest BCUT2D eigenvalue weighted by molar-refractivity contribution is 0.109. The zero-order chi connectivity index (χ0) is 15.1. The lowest BCUT2D eigenvalue weighted by atomic mass is 10.2. The van der Waals surface area contributed by atoms with E-state index in [0.29, 0.717) is 19.1 Å². The van der Waals surface area contributed by atoms with Crippen LogP contribution in [0.4, 0.5) is 0 Å². The van der Waals surface area contributed by atoms with Gasteiger partial charge in [0.25, 0.3) is 0 Å². The lowest BCUT2D eigenvalue weighted by Gasteiger charge is -2.05. The van der Waals surface area contributed by atoms with E-state index in [4.69, 9.17) is 16.3 Å². The second-order valence-electron chi connectivity index (χ2n) is 5.52. The Balaban J connectivity index is 1.72. The van der Waals surface area contributed by atoms with Crippen molar-refractivity contribution in [3.05, 3.63) is 56.7 Å². The monoisotopic (exact) mass is 323 g/mol. The van der Waals surface area contributed by atoms with Gasteiger partial charge in [-0.05, 0) is 42.3 Å². The van der Waals surface area contributed by atoms with Crippen LogP contribution in [-0.4, -0.2) is 6.54 Å². The molecule has 0 aliphatic rings. The van der Waals surface area contributed by atoms with Gasteiger partial charge in [0.05, 0.1) is 13.2 Å². The van der Waals surface area contributed by atoms with E-state index >= 15 is 0 Å². The maximum absolute atomic E-state index is 5.95. The fourth-order valence-electron chi connectivity index (χ4n) is 1.98. The standard InChI is InChI=1S/C17H22ClNOS/c1-13(2)9-19-10-16-6-7-17(21-16)12-20-11-14-4-3-5-15(18)8-14/h3-8,13,19H,9-12H2,1-2H3. The number of nitrogens with one attached hydrogen (secondary N) is 1. The average molecular weight is 324 g/mol. The van der Waals surface area contributed by atoms with Crippen LogP contribution in [0.1, 0.15) is 29.2 Å². The van der Waals surface area contributed by atoms with E-state index in [2.05, 4.69) is 31.3 Å². The molecule has 0 radical (unpaired) electrons. The van der Waals surface area contributed by atoms with Crippen molar-refractivity contribution in [2.45, 2.75) is 33.6 Å². The van der Waals surface area contributed by atoms with Crippen LogP contribution in [0.15, 0.2) is 36.4 Å². The maximum Gasteiger partial charge on any atom is 0.0814 e. The molecule has 0 aliphatic heterocycles. The van der Waals surface area contributed by atoms with E-state index in [1.54, 1.807) is 0 Å². The molecule has 0 bridgehead atoms. The Morgan fingerprint density at radius 2 is 1.95 bits per heavy atom. The Morgan fingerprint density at radius 1 is 1.14 bits per heavy atom. The van der Waals surface area contributed by atoms with Crippen LogP contribution < -0.4 is 5.32 Å². The Morgan fingerprint density at radius 3 is 2.71 bits per heavy atom. The summed E-state index contributed by atoms with van der Waals surface area (Å²) in [6.07, 6.45) is 0. The molecule has 2 nitrogen and oxygen atoms in total. The Labute approximate surface area is 136 Å². The van der Waals surface area contributed by atoms with Crippen molar-refractivity contribution >= 4 is 22.9 Å². The summed E-state index contributed by atoms with van der Waals surface area (Å²) in [7, 11) is 0. The summed E-state index contributed by atoms with van der Waals surface area (Å²) in [5, 5.41) is 4.21. The number of hydrogen-bond acceptors (Lipinski definition) is 3. The van der Waals surface area contributed by atoms with Gasteiger partial charge in [0.2, 0.25) is 0 Å². The van der Waals surface area contributed by atoms with E-state index in [0.717, 1.165) is 23.7 Å². The summed E-state index contributed by atoms with van der Waals surface area (Å²) >= 11 is 7.76. The van der Waals surface area contributed by atoms with Gasteiger partial charge < -0.3 is 10.1 Å². The third-order valence-corrected chi connectivity index (χ3v) is 4.27. The van der Waals surface area contributed by atoms with Gasteiger partial charge in [0.15, 0.2) is 0 Å². The van der Waals surface area contributed by atoms with Crippen molar-refractivity contribution in [2.75, 3.05) is 6.54 Å². The molecule has 0 atom stereocenters. The maximum atomic E-state index is 5.95. The first-order chi connectivity index (χ1) is 10.1. The Kier molecular flexibility index (Phi) is 6.71. The van der Waals surface area contributed by atoms with Gasteiger partial charge in [-0.3, -0.25) is 0 Å².